The second-order valence-corrected chi connectivity index (χ2v) is 5.56. The predicted octanol–water partition coefficient (Wildman–Crippen LogP) is 3.26. The van der Waals surface area contributed by atoms with Crippen molar-refractivity contribution in [3.05, 3.63) is 0 Å². The molecule has 146 valence electrons. The van der Waals surface area contributed by atoms with Crippen LogP contribution in [0.2, 0.25) is 0 Å². The Morgan fingerprint density at radius 2 is 1.00 bits per heavy atom. The monoisotopic (exact) mass is 590 g/mol. The normalized spacial score (nSPS) is 12.4. The molecule has 0 aromatic heterocycles. The molecule has 1 rings (SSSR count). The number of rotatable bonds is 15. The minimum absolute atomic E-state index is 0. The van der Waals surface area contributed by atoms with Crippen LogP contribution in [0.4, 0.5) is 0 Å². The Morgan fingerprint density at radius 3 is 1.39 bits per heavy atom. The highest BCUT2D eigenvalue weighted by molar-refractivity contribution is 8.93. The minimum atomic E-state index is 0. The van der Waals surface area contributed by atoms with Crippen LogP contribution in [0.3, 0.4) is 0 Å². The van der Waals surface area contributed by atoms with Gasteiger partial charge in [0.25, 0.3) is 0 Å². The number of halogens is 4. The first-order valence-corrected chi connectivity index (χ1v) is 8.26. The van der Waals surface area contributed by atoms with Gasteiger partial charge in [0.05, 0.1) is 0 Å². The fourth-order valence-corrected chi connectivity index (χ4v) is 2.07. The maximum Gasteiger partial charge on any atom is -0.00205 e. The summed E-state index contributed by atoms with van der Waals surface area (Å²) in [5.41, 5.74) is 0. The van der Waals surface area contributed by atoms with Crippen molar-refractivity contribution < 1.29 is 0 Å². The molecule has 0 saturated heterocycles. The number of hydrogen-bond acceptors (Lipinski definition) is 4. The second kappa shape index (κ2) is 26.0. The minimum Gasteiger partial charge on any atom is -0.317 e. The summed E-state index contributed by atoms with van der Waals surface area (Å²) >= 11 is 0. The van der Waals surface area contributed by atoms with Gasteiger partial charge in [-0.15, -0.1) is 67.9 Å². The average Bonchev–Trinajstić information content (AvgIpc) is 3.23. The molecule has 23 heavy (non-hydrogen) atoms. The SMILES string of the molecule is Br.Br.Br.Br.CCNCCCNCCCNCCCNCC1CC1. The largest absolute Gasteiger partial charge is 0.317 e. The first-order chi connectivity index (χ1) is 9.43. The lowest BCUT2D eigenvalue weighted by Gasteiger charge is -2.07. The van der Waals surface area contributed by atoms with Crippen molar-refractivity contribution in [1.29, 1.82) is 0 Å². The van der Waals surface area contributed by atoms with Crippen LogP contribution in [-0.4, -0.2) is 52.4 Å². The molecule has 0 amide bonds. The topological polar surface area (TPSA) is 48.1 Å². The molecule has 0 aliphatic heterocycles. The summed E-state index contributed by atoms with van der Waals surface area (Å²) in [6.07, 6.45) is 6.62. The van der Waals surface area contributed by atoms with Crippen molar-refractivity contribution in [1.82, 2.24) is 21.3 Å². The van der Waals surface area contributed by atoms with E-state index in [-0.39, 0.29) is 67.9 Å². The van der Waals surface area contributed by atoms with Crippen molar-refractivity contribution in [2.45, 2.75) is 39.0 Å². The van der Waals surface area contributed by atoms with Gasteiger partial charge in [0, 0.05) is 0 Å². The average molecular weight is 594 g/mol. The Morgan fingerprint density at radius 1 is 0.609 bits per heavy atom. The van der Waals surface area contributed by atoms with Crippen LogP contribution in [-0.2, 0) is 0 Å². The molecular weight excluding hydrogens is 556 g/mol. The molecular formula is C15H38Br4N4. The van der Waals surface area contributed by atoms with Gasteiger partial charge in [-0.3, -0.25) is 0 Å². The lowest BCUT2D eigenvalue weighted by molar-refractivity contribution is 0.549. The zero-order chi connectivity index (χ0) is 13.6. The van der Waals surface area contributed by atoms with Crippen LogP contribution in [0.5, 0.6) is 0 Å². The molecule has 0 bridgehead atoms. The molecule has 0 radical (unpaired) electrons. The highest BCUT2D eigenvalue weighted by Gasteiger charge is 2.19. The van der Waals surface area contributed by atoms with Gasteiger partial charge in [0.2, 0.25) is 0 Å². The van der Waals surface area contributed by atoms with Gasteiger partial charge in [-0.25, -0.2) is 0 Å². The van der Waals surface area contributed by atoms with Gasteiger partial charge in [0.1, 0.15) is 0 Å². The van der Waals surface area contributed by atoms with E-state index < -0.39 is 0 Å². The molecule has 0 spiro atoms. The Balaban J connectivity index is -0.000000451. The van der Waals surface area contributed by atoms with Gasteiger partial charge in [-0.05, 0) is 90.4 Å². The van der Waals surface area contributed by atoms with Gasteiger partial charge in [0.15, 0.2) is 0 Å². The standard InChI is InChI=1S/C15H34N4.4BrH/c1-2-16-8-3-9-17-10-4-11-18-12-5-13-19-14-15-6-7-15;;;;/h15-19H,2-14H2,1H3;4*1H. The molecule has 0 unspecified atom stereocenters. The molecule has 1 fully saturated rings. The summed E-state index contributed by atoms with van der Waals surface area (Å²) in [5.74, 6) is 1.01. The van der Waals surface area contributed by atoms with E-state index in [0.29, 0.717) is 0 Å². The Labute approximate surface area is 185 Å². The quantitative estimate of drug-likeness (QED) is 0.220. The van der Waals surface area contributed by atoms with Crippen molar-refractivity contribution in [3.63, 3.8) is 0 Å². The maximum atomic E-state index is 3.52. The van der Waals surface area contributed by atoms with E-state index in [2.05, 4.69) is 28.2 Å². The number of nitrogens with one attached hydrogen (secondary N) is 4. The highest BCUT2D eigenvalue weighted by atomic mass is 79.9. The lowest BCUT2D eigenvalue weighted by atomic mass is 10.3. The van der Waals surface area contributed by atoms with E-state index in [9.17, 15) is 0 Å². The van der Waals surface area contributed by atoms with Gasteiger partial charge in [-0.2, -0.15) is 0 Å². The van der Waals surface area contributed by atoms with E-state index in [1.807, 2.05) is 0 Å². The van der Waals surface area contributed by atoms with E-state index in [4.69, 9.17) is 0 Å². The molecule has 0 aromatic carbocycles. The fourth-order valence-electron chi connectivity index (χ4n) is 2.07. The lowest BCUT2D eigenvalue weighted by Crippen LogP contribution is -2.27. The molecule has 0 heterocycles. The van der Waals surface area contributed by atoms with E-state index >= 15 is 0 Å². The third-order valence-corrected chi connectivity index (χ3v) is 3.50. The smallest absolute Gasteiger partial charge is 0.00205 e. The van der Waals surface area contributed by atoms with Crippen LogP contribution in [0, 0.1) is 5.92 Å². The molecule has 0 atom stereocenters. The third kappa shape index (κ3) is 26.1. The summed E-state index contributed by atoms with van der Waals surface area (Å²) in [7, 11) is 0. The van der Waals surface area contributed by atoms with Crippen molar-refractivity contribution in [3.8, 4) is 0 Å². The summed E-state index contributed by atoms with van der Waals surface area (Å²) in [5, 5.41) is 13.9. The number of hydrogen-bond donors (Lipinski definition) is 4. The fraction of sp³-hybridized carbons (Fsp3) is 1.00. The van der Waals surface area contributed by atoms with Crippen molar-refractivity contribution in [2.75, 3.05) is 52.4 Å². The molecule has 1 aliphatic rings. The van der Waals surface area contributed by atoms with Gasteiger partial charge < -0.3 is 21.3 Å². The van der Waals surface area contributed by atoms with Crippen LogP contribution in [0.1, 0.15) is 39.0 Å². The Bertz CT molecular complexity index is 198. The zero-order valence-electron chi connectivity index (χ0n) is 14.4. The van der Waals surface area contributed by atoms with Gasteiger partial charge in [-0.1, -0.05) is 6.92 Å². The maximum absolute atomic E-state index is 3.52. The highest BCUT2D eigenvalue weighted by Crippen LogP contribution is 2.27. The third-order valence-electron chi connectivity index (χ3n) is 3.50. The molecule has 4 N–H and O–H groups in total. The van der Waals surface area contributed by atoms with E-state index in [0.717, 1.165) is 45.2 Å². The van der Waals surface area contributed by atoms with Crippen LogP contribution in [0.15, 0.2) is 0 Å². The molecule has 1 saturated carbocycles. The van der Waals surface area contributed by atoms with E-state index in [1.165, 1.54) is 45.2 Å². The first-order valence-electron chi connectivity index (χ1n) is 8.26. The summed E-state index contributed by atoms with van der Waals surface area (Å²) in [6.45, 7) is 11.4. The van der Waals surface area contributed by atoms with Crippen LogP contribution < -0.4 is 21.3 Å². The van der Waals surface area contributed by atoms with Crippen LogP contribution in [0.25, 0.3) is 0 Å². The molecule has 4 nitrogen and oxygen atoms in total. The summed E-state index contributed by atoms with van der Waals surface area (Å²) < 4.78 is 0. The van der Waals surface area contributed by atoms with Crippen LogP contribution >= 0.6 is 67.9 Å². The van der Waals surface area contributed by atoms with Crippen molar-refractivity contribution in [2.24, 2.45) is 5.92 Å². The van der Waals surface area contributed by atoms with Gasteiger partial charge >= 0.3 is 0 Å². The predicted molar refractivity (Wildman–Crippen MR) is 125 cm³/mol. The molecule has 8 heteroatoms. The van der Waals surface area contributed by atoms with E-state index in [1.54, 1.807) is 0 Å². The van der Waals surface area contributed by atoms with Crippen molar-refractivity contribution >= 4 is 67.9 Å². The first kappa shape index (κ1) is 32.4. The Hall–Kier alpha value is 1.76. The summed E-state index contributed by atoms with van der Waals surface area (Å²) in [4.78, 5) is 0. The zero-order valence-corrected chi connectivity index (χ0v) is 21.3. The molecule has 1 aliphatic carbocycles. The second-order valence-electron chi connectivity index (χ2n) is 5.56. The summed E-state index contributed by atoms with van der Waals surface area (Å²) in [6, 6.07) is 0. The Kier molecular flexibility index (Phi) is 36.7. The molecule has 0 aromatic rings.